The van der Waals surface area contributed by atoms with E-state index in [4.69, 9.17) is 0 Å². The van der Waals surface area contributed by atoms with Crippen LogP contribution in [0, 0.1) is 5.82 Å². The van der Waals surface area contributed by atoms with Crippen LogP contribution in [0.3, 0.4) is 0 Å². The highest BCUT2D eigenvalue weighted by molar-refractivity contribution is 6.07. The van der Waals surface area contributed by atoms with E-state index in [1.807, 2.05) is 30.3 Å². The average Bonchev–Trinajstić information content (AvgIpc) is 2.93. The number of carbonyl (C=O) groups is 3. The van der Waals surface area contributed by atoms with Gasteiger partial charge in [0.15, 0.2) is 0 Å². The van der Waals surface area contributed by atoms with Crippen LogP contribution in [0.4, 0.5) is 9.18 Å². The summed E-state index contributed by atoms with van der Waals surface area (Å²) in [5.41, 5.74) is 0.190. The van der Waals surface area contributed by atoms with Crippen LogP contribution in [0.15, 0.2) is 54.6 Å². The van der Waals surface area contributed by atoms with Crippen molar-refractivity contribution in [2.45, 2.75) is 24.9 Å². The van der Waals surface area contributed by atoms with E-state index >= 15 is 0 Å². The van der Waals surface area contributed by atoms with Gasteiger partial charge in [-0.3, -0.25) is 14.5 Å². The van der Waals surface area contributed by atoms with Crippen molar-refractivity contribution < 1.29 is 18.8 Å². The van der Waals surface area contributed by atoms with Crippen LogP contribution >= 0.6 is 0 Å². The predicted molar refractivity (Wildman–Crippen MR) is 99.8 cm³/mol. The molecule has 144 valence electrons. The molecule has 2 saturated heterocycles. The number of rotatable bonds is 3. The first-order valence-electron chi connectivity index (χ1n) is 9.21. The molecular weight excluding hydrogens is 361 g/mol. The van der Waals surface area contributed by atoms with Gasteiger partial charge in [-0.2, -0.15) is 0 Å². The van der Waals surface area contributed by atoms with Gasteiger partial charge in [-0.25, -0.2) is 9.18 Å². The van der Waals surface area contributed by atoms with Crippen LogP contribution in [0.5, 0.6) is 0 Å². The van der Waals surface area contributed by atoms with Crippen LogP contribution in [0.25, 0.3) is 0 Å². The summed E-state index contributed by atoms with van der Waals surface area (Å²) in [6.45, 7) is 0.861. The summed E-state index contributed by atoms with van der Waals surface area (Å²) < 4.78 is 13.4. The fourth-order valence-electron chi connectivity index (χ4n) is 3.82. The van der Waals surface area contributed by atoms with E-state index in [1.165, 1.54) is 23.1 Å². The van der Waals surface area contributed by atoms with E-state index in [9.17, 15) is 18.8 Å². The fourth-order valence-corrected chi connectivity index (χ4v) is 3.82. The number of hydrogen-bond donors (Lipinski definition) is 1. The SMILES string of the molecule is O=C(c1cccc(F)c1)N1CCC2(CC1)NC(=O)N(Cc1ccccc1)C2=O. The summed E-state index contributed by atoms with van der Waals surface area (Å²) in [6, 6.07) is 14.5. The molecule has 0 atom stereocenters. The molecule has 0 aliphatic carbocycles. The number of hydrogen-bond acceptors (Lipinski definition) is 3. The van der Waals surface area contributed by atoms with E-state index in [0.29, 0.717) is 25.9 Å². The zero-order chi connectivity index (χ0) is 19.7. The topological polar surface area (TPSA) is 69.7 Å². The van der Waals surface area contributed by atoms with Crippen molar-refractivity contribution in [2.24, 2.45) is 0 Å². The standard InChI is InChI=1S/C21H20FN3O3/c22-17-8-4-7-16(13-17)18(26)24-11-9-21(10-12-24)19(27)25(20(28)23-21)14-15-5-2-1-3-6-15/h1-8,13H,9-12,14H2,(H,23,28). The quantitative estimate of drug-likeness (QED) is 0.831. The van der Waals surface area contributed by atoms with Crippen LogP contribution in [0.1, 0.15) is 28.8 Å². The molecule has 2 aromatic carbocycles. The molecule has 4 rings (SSSR count). The Morgan fingerprint density at radius 2 is 1.75 bits per heavy atom. The minimum absolute atomic E-state index is 0.221. The first kappa shape index (κ1) is 18.2. The lowest BCUT2D eigenvalue weighted by Crippen LogP contribution is -2.55. The van der Waals surface area contributed by atoms with E-state index < -0.39 is 17.4 Å². The lowest BCUT2D eigenvalue weighted by atomic mass is 9.87. The van der Waals surface area contributed by atoms with Gasteiger partial charge >= 0.3 is 6.03 Å². The third-order valence-corrected chi connectivity index (χ3v) is 5.41. The first-order chi connectivity index (χ1) is 13.5. The number of piperidine rings is 1. The Morgan fingerprint density at radius 1 is 1.04 bits per heavy atom. The first-order valence-corrected chi connectivity index (χ1v) is 9.21. The Balaban J connectivity index is 1.44. The van der Waals surface area contributed by atoms with Crippen LogP contribution in [-0.4, -0.2) is 46.3 Å². The zero-order valence-corrected chi connectivity index (χ0v) is 15.2. The number of amides is 4. The Labute approximate surface area is 161 Å². The molecule has 2 heterocycles. The summed E-state index contributed by atoms with van der Waals surface area (Å²) in [5, 5.41) is 2.84. The Hall–Kier alpha value is -3.22. The number of nitrogens with one attached hydrogen (secondary N) is 1. The highest BCUT2D eigenvalue weighted by Gasteiger charge is 2.52. The molecule has 0 radical (unpaired) electrons. The number of imide groups is 1. The van der Waals surface area contributed by atoms with E-state index in [1.54, 1.807) is 11.0 Å². The van der Waals surface area contributed by atoms with Gasteiger partial charge in [0, 0.05) is 18.7 Å². The molecule has 2 aliphatic rings. The number of likely N-dealkylation sites (tertiary alicyclic amines) is 1. The van der Waals surface area contributed by atoms with Crippen molar-refractivity contribution in [3.63, 3.8) is 0 Å². The molecule has 6 nitrogen and oxygen atoms in total. The highest BCUT2D eigenvalue weighted by Crippen LogP contribution is 2.31. The number of urea groups is 1. The normalized spacial score (nSPS) is 18.5. The van der Waals surface area contributed by atoms with Crippen LogP contribution in [-0.2, 0) is 11.3 Å². The van der Waals surface area contributed by atoms with Crippen molar-refractivity contribution in [1.29, 1.82) is 0 Å². The molecular formula is C21H20FN3O3. The lowest BCUT2D eigenvalue weighted by molar-refractivity contribution is -0.133. The van der Waals surface area contributed by atoms with Crippen molar-refractivity contribution in [3.05, 3.63) is 71.5 Å². The Bertz CT molecular complexity index is 924. The maximum atomic E-state index is 13.4. The van der Waals surface area contributed by atoms with Gasteiger partial charge in [0.1, 0.15) is 11.4 Å². The average molecular weight is 381 g/mol. The number of halogens is 1. The third-order valence-electron chi connectivity index (χ3n) is 5.41. The Kier molecular flexibility index (Phi) is 4.58. The van der Waals surface area contributed by atoms with Gasteiger partial charge < -0.3 is 10.2 Å². The van der Waals surface area contributed by atoms with E-state index in [-0.39, 0.29) is 23.9 Å². The van der Waals surface area contributed by atoms with E-state index in [2.05, 4.69) is 5.32 Å². The van der Waals surface area contributed by atoms with Crippen molar-refractivity contribution in [2.75, 3.05) is 13.1 Å². The van der Waals surface area contributed by atoms with Gasteiger partial charge in [0.05, 0.1) is 6.54 Å². The summed E-state index contributed by atoms with van der Waals surface area (Å²) in [4.78, 5) is 40.8. The van der Waals surface area contributed by atoms with Gasteiger partial charge in [-0.05, 0) is 36.6 Å². The van der Waals surface area contributed by atoms with Gasteiger partial charge in [-0.1, -0.05) is 36.4 Å². The zero-order valence-electron chi connectivity index (χ0n) is 15.2. The molecule has 1 N–H and O–H groups in total. The number of carbonyl (C=O) groups excluding carboxylic acids is 3. The molecule has 0 bridgehead atoms. The highest BCUT2D eigenvalue weighted by atomic mass is 19.1. The maximum Gasteiger partial charge on any atom is 0.325 e. The minimum Gasteiger partial charge on any atom is -0.338 e. The maximum absolute atomic E-state index is 13.4. The molecule has 0 saturated carbocycles. The molecule has 2 fully saturated rings. The molecule has 28 heavy (non-hydrogen) atoms. The smallest absolute Gasteiger partial charge is 0.325 e. The van der Waals surface area contributed by atoms with E-state index in [0.717, 1.165) is 5.56 Å². The second kappa shape index (κ2) is 7.07. The molecule has 4 amide bonds. The predicted octanol–water partition coefficient (Wildman–Crippen LogP) is 2.55. The Morgan fingerprint density at radius 3 is 2.43 bits per heavy atom. The fraction of sp³-hybridized carbons (Fsp3) is 0.286. The third kappa shape index (κ3) is 3.24. The monoisotopic (exact) mass is 381 g/mol. The van der Waals surface area contributed by atoms with Crippen LogP contribution in [0.2, 0.25) is 0 Å². The van der Waals surface area contributed by atoms with Crippen molar-refractivity contribution in [3.8, 4) is 0 Å². The van der Waals surface area contributed by atoms with Crippen molar-refractivity contribution in [1.82, 2.24) is 15.1 Å². The number of benzene rings is 2. The molecule has 2 aromatic rings. The molecule has 7 heteroatoms. The largest absolute Gasteiger partial charge is 0.338 e. The summed E-state index contributed by atoms with van der Waals surface area (Å²) in [7, 11) is 0. The summed E-state index contributed by atoms with van der Waals surface area (Å²) >= 11 is 0. The lowest BCUT2D eigenvalue weighted by Gasteiger charge is -2.37. The summed E-state index contributed by atoms with van der Waals surface area (Å²) in [6.07, 6.45) is 0.674. The second-order valence-corrected chi connectivity index (χ2v) is 7.19. The second-order valence-electron chi connectivity index (χ2n) is 7.19. The van der Waals surface area contributed by atoms with Gasteiger partial charge in [-0.15, -0.1) is 0 Å². The van der Waals surface area contributed by atoms with Crippen LogP contribution < -0.4 is 5.32 Å². The molecule has 0 aromatic heterocycles. The van der Waals surface area contributed by atoms with Gasteiger partial charge in [0.25, 0.3) is 11.8 Å². The molecule has 0 unspecified atom stereocenters. The number of nitrogens with zero attached hydrogens (tertiary/aromatic N) is 2. The van der Waals surface area contributed by atoms with Gasteiger partial charge in [0.2, 0.25) is 0 Å². The van der Waals surface area contributed by atoms with Crippen molar-refractivity contribution >= 4 is 17.8 Å². The minimum atomic E-state index is -0.968. The molecule has 2 aliphatic heterocycles. The summed E-state index contributed by atoms with van der Waals surface area (Å²) in [5.74, 6) is -0.986. The molecule has 1 spiro atoms.